The molecule has 0 bridgehead atoms. The summed E-state index contributed by atoms with van der Waals surface area (Å²) in [5.41, 5.74) is 0. The van der Waals surface area contributed by atoms with Crippen LogP contribution in [0.2, 0.25) is 0 Å². The number of aromatic nitrogens is 2. The van der Waals surface area contributed by atoms with E-state index >= 15 is 0 Å². The average Bonchev–Trinajstić information content (AvgIpc) is 2.95. The molecule has 0 amide bonds. The van der Waals surface area contributed by atoms with Crippen LogP contribution in [0.3, 0.4) is 0 Å². The number of rotatable bonds is 6. The highest BCUT2D eigenvalue weighted by atomic mass is 32.1. The summed E-state index contributed by atoms with van der Waals surface area (Å²) in [5.74, 6) is 0.608. The Morgan fingerprint density at radius 2 is 2.32 bits per heavy atom. The van der Waals surface area contributed by atoms with Crippen molar-refractivity contribution in [3.8, 4) is 10.8 Å². The summed E-state index contributed by atoms with van der Waals surface area (Å²) in [6, 6.07) is 4.42. The summed E-state index contributed by atoms with van der Waals surface area (Å²) in [6.07, 6.45) is 3.52. The molecule has 0 spiro atoms. The highest BCUT2D eigenvalue weighted by Gasteiger charge is 2.32. The van der Waals surface area contributed by atoms with Crippen molar-refractivity contribution in [1.29, 1.82) is 0 Å². The lowest BCUT2D eigenvalue weighted by Crippen LogP contribution is -2.36. The van der Waals surface area contributed by atoms with Crippen LogP contribution in [0.5, 0.6) is 0 Å². The predicted octanol–water partition coefficient (Wildman–Crippen LogP) is 2.02. The molecule has 2 fully saturated rings. The molecule has 1 atom stereocenters. The fourth-order valence-corrected chi connectivity index (χ4v) is 3.53. The van der Waals surface area contributed by atoms with Crippen LogP contribution in [0.4, 0.5) is 0 Å². The Bertz CT molecular complexity index is 669. The third-order valence-electron chi connectivity index (χ3n) is 4.23. The molecule has 1 aliphatic heterocycles. The summed E-state index contributed by atoms with van der Waals surface area (Å²) in [7, 11) is 0. The third kappa shape index (κ3) is 3.02. The molecule has 1 aliphatic carbocycles. The maximum Gasteiger partial charge on any atom is 0.438 e. The fourth-order valence-electron chi connectivity index (χ4n) is 2.89. The van der Waals surface area contributed by atoms with E-state index in [0.29, 0.717) is 24.5 Å². The average molecular weight is 321 g/mol. The van der Waals surface area contributed by atoms with Crippen LogP contribution in [0.25, 0.3) is 10.8 Å². The van der Waals surface area contributed by atoms with Gasteiger partial charge in [-0.1, -0.05) is 6.07 Å². The van der Waals surface area contributed by atoms with Crippen molar-refractivity contribution in [2.45, 2.75) is 32.0 Å². The Labute approximate surface area is 132 Å². The normalized spacial score (nSPS) is 21.8. The number of hydrogen-bond acceptors (Lipinski definition) is 6. The fraction of sp³-hybridized carbons (Fsp3) is 0.600. The second-order valence-corrected chi connectivity index (χ2v) is 6.97. The van der Waals surface area contributed by atoms with E-state index < -0.39 is 0 Å². The molecule has 7 heteroatoms. The molecule has 2 aromatic rings. The van der Waals surface area contributed by atoms with E-state index in [-0.39, 0.29) is 5.76 Å². The summed E-state index contributed by atoms with van der Waals surface area (Å²) >= 11 is 1.52. The second kappa shape index (κ2) is 5.98. The molecule has 2 aromatic heterocycles. The molecule has 4 rings (SSSR count). The van der Waals surface area contributed by atoms with Gasteiger partial charge in [0.2, 0.25) is 0 Å². The van der Waals surface area contributed by atoms with E-state index in [9.17, 15) is 4.79 Å². The molecule has 6 nitrogen and oxygen atoms in total. The van der Waals surface area contributed by atoms with Crippen molar-refractivity contribution in [1.82, 2.24) is 14.7 Å². The molecule has 1 saturated heterocycles. The number of nitrogens with zero attached hydrogens (tertiary/aromatic N) is 3. The summed E-state index contributed by atoms with van der Waals surface area (Å²) in [6.45, 7) is 3.17. The minimum absolute atomic E-state index is 0.378. The lowest BCUT2D eigenvalue weighted by molar-refractivity contribution is 0.139. The Hall–Kier alpha value is -1.44. The summed E-state index contributed by atoms with van der Waals surface area (Å²) < 4.78 is 12.2. The zero-order chi connectivity index (χ0) is 14.9. The summed E-state index contributed by atoms with van der Waals surface area (Å²) in [4.78, 5) is 15.3. The molecule has 118 valence electrons. The van der Waals surface area contributed by atoms with Gasteiger partial charge in [0.05, 0.1) is 11.5 Å². The lowest BCUT2D eigenvalue weighted by Gasteiger charge is -2.23. The van der Waals surface area contributed by atoms with Crippen molar-refractivity contribution in [3.63, 3.8) is 0 Å². The molecule has 22 heavy (non-hydrogen) atoms. The van der Waals surface area contributed by atoms with Crippen LogP contribution < -0.4 is 5.76 Å². The smallest absolute Gasteiger partial charge is 0.387 e. The van der Waals surface area contributed by atoms with E-state index in [1.165, 1.54) is 28.9 Å². The van der Waals surface area contributed by atoms with Gasteiger partial charge in [0, 0.05) is 19.2 Å². The van der Waals surface area contributed by atoms with Gasteiger partial charge >= 0.3 is 5.76 Å². The maximum atomic E-state index is 12.0. The molecule has 0 radical (unpaired) electrons. The van der Waals surface area contributed by atoms with Gasteiger partial charge in [-0.2, -0.15) is 4.68 Å². The number of ether oxygens (including phenoxy) is 1. The van der Waals surface area contributed by atoms with Gasteiger partial charge in [-0.15, -0.1) is 16.4 Å². The van der Waals surface area contributed by atoms with Crippen molar-refractivity contribution in [3.05, 3.63) is 28.1 Å². The zero-order valence-corrected chi connectivity index (χ0v) is 13.1. The highest BCUT2D eigenvalue weighted by molar-refractivity contribution is 7.13. The molecular formula is C15H19N3O3S. The zero-order valence-electron chi connectivity index (χ0n) is 12.3. The van der Waals surface area contributed by atoms with Gasteiger partial charge in [0.15, 0.2) is 0 Å². The first kappa shape index (κ1) is 14.2. The summed E-state index contributed by atoms with van der Waals surface area (Å²) in [5, 5.41) is 6.30. The van der Waals surface area contributed by atoms with Gasteiger partial charge < -0.3 is 9.15 Å². The lowest BCUT2D eigenvalue weighted by atomic mass is 10.1. The number of hydrogen-bond donors (Lipinski definition) is 0. The predicted molar refractivity (Wildman–Crippen MR) is 82.7 cm³/mol. The molecular weight excluding hydrogens is 302 g/mol. The number of thiophene rings is 1. The molecule has 0 N–H and O–H groups in total. The van der Waals surface area contributed by atoms with Gasteiger partial charge in [-0.3, -0.25) is 4.90 Å². The SMILES string of the molecule is O=c1oc(-c2cccs2)nn1CN(C[C@@H]1CCOC1)C1CC1. The Kier molecular flexibility index (Phi) is 3.85. The maximum absolute atomic E-state index is 12.0. The molecule has 0 unspecified atom stereocenters. The van der Waals surface area contributed by atoms with E-state index in [4.69, 9.17) is 9.15 Å². The minimum Gasteiger partial charge on any atom is -0.387 e. The van der Waals surface area contributed by atoms with Gasteiger partial charge in [0.1, 0.15) is 6.67 Å². The van der Waals surface area contributed by atoms with Gasteiger partial charge in [0.25, 0.3) is 5.89 Å². The largest absolute Gasteiger partial charge is 0.438 e. The highest BCUT2D eigenvalue weighted by Crippen LogP contribution is 2.29. The van der Waals surface area contributed by atoms with Crippen LogP contribution in [0.15, 0.2) is 26.7 Å². The second-order valence-electron chi connectivity index (χ2n) is 6.02. The van der Waals surface area contributed by atoms with Crippen molar-refractivity contribution in [2.75, 3.05) is 19.8 Å². The van der Waals surface area contributed by atoms with E-state index in [2.05, 4.69) is 10.00 Å². The quantitative estimate of drug-likeness (QED) is 0.814. The first-order chi connectivity index (χ1) is 10.8. The minimum atomic E-state index is -0.378. The van der Waals surface area contributed by atoms with Crippen molar-refractivity contribution >= 4 is 11.3 Å². The van der Waals surface area contributed by atoms with Crippen LogP contribution in [0.1, 0.15) is 19.3 Å². The molecule has 3 heterocycles. The van der Waals surface area contributed by atoms with Crippen LogP contribution >= 0.6 is 11.3 Å². The van der Waals surface area contributed by atoms with Gasteiger partial charge in [-0.05, 0) is 36.6 Å². The van der Waals surface area contributed by atoms with Crippen LogP contribution in [-0.2, 0) is 11.4 Å². The van der Waals surface area contributed by atoms with E-state index in [1.807, 2.05) is 17.5 Å². The van der Waals surface area contributed by atoms with Gasteiger partial charge in [-0.25, -0.2) is 4.79 Å². The Morgan fingerprint density at radius 1 is 1.41 bits per heavy atom. The topological polar surface area (TPSA) is 60.5 Å². The van der Waals surface area contributed by atoms with E-state index in [1.54, 1.807) is 0 Å². The standard InChI is InChI=1S/C15H19N3O3S/c19-15-18(16-14(21-15)13-2-1-7-22-13)10-17(12-3-4-12)8-11-5-6-20-9-11/h1-2,7,11-12H,3-6,8-10H2/t11-/m0/s1. The Balaban J connectivity index is 1.49. The molecule has 2 aliphatic rings. The molecule has 1 saturated carbocycles. The molecule has 0 aromatic carbocycles. The monoisotopic (exact) mass is 321 g/mol. The van der Waals surface area contributed by atoms with Crippen LogP contribution in [0, 0.1) is 5.92 Å². The first-order valence-electron chi connectivity index (χ1n) is 7.73. The van der Waals surface area contributed by atoms with E-state index in [0.717, 1.165) is 31.1 Å². The Morgan fingerprint density at radius 3 is 3.00 bits per heavy atom. The van der Waals surface area contributed by atoms with Crippen molar-refractivity contribution in [2.24, 2.45) is 5.92 Å². The first-order valence-corrected chi connectivity index (χ1v) is 8.61. The van der Waals surface area contributed by atoms with Crippen LogP contribution in [-0.4, -0.2) is 40.5 Å². The van der Waals surface area contributed by atoms with Crippen molar-refractivity contribution < 1.29 is 9.15 Å². The third-order valence-corrected chi connectivity index (χ3v) is 5.09.